The summed E-state index contributed by atoms with van der Waals surface area (Å²) in [5, 5.41) is 20.4. The number of nitro groups is 1. The Morgan fingerprint density at radius 2 is 2.37 bits per heavy atom. The SMILES string of the molecule is CC1CN(c2nc(Cl)ccc2[N+](=O)[O-])CC(CO)O1. The van der Waals surface area contributed by atoms with E-state index in [0.29, 0.717) is 13.1 Å². The maximum absolute atomic E-state index is 11.0. The monoisotopic (exact) mass is 287 g/mol. The van der Waals surface area contributed by atoms with Gasteiger partial charge < -0.3 is 14.7 Å². The number of ether oxygens (including phenoxy) is 1. The van der Waals surface area contributed by atoms with Gasteiger partial charge in [-0.3, -0.25) is 10.1 Å². The van der Waals surface area contributed by atoms with Crippen LogP contribution in [-0.4, -0.2) is 46.9 Å². The molecule has 1 N–H and O–H groups in total. The molecule has 19 heavy (non-hydrogen) atoms. The Kier molecular flexibility index (Phi) is 4.18. The number of aromatic nitrogens is 1. The van der Waals surface area contributed by atoms with E-state index in [1.165, 1.54) is 12.1 Å². The maximum atomic E-state index is 11.0. The van der Waals surface area contributed by atoms with Gasteiger partial charge in [-0.05, 0) is 13.0 Å². The highest BCUT2D eigenvalue weighted by atomic mass is 35.5. The molecule has 1 aromatic heterocycles. The number of pyridine rings is 1. The molecule has 0 amide bonds. The number of morpholine rings is 1. The predicted octanol–water partition coefficient (Wildman–Crippen LogP) is 1.23. The molecule has 1 aliphatic heterocycles. The van der Waals surface area contributed by atoms with E-state index in [-0.39, 0.29) is 35.5 Å². The van der Waals surface area contributed by atoms with Crippen molar-refractivity contribution in [3.63, 3.8) is 0 Å². The van der Waals surface area contributed by atoms with Crippen molar-refractivity contribution in [3.05, 3.63) is 27.4 Å². The van der Waals surface area contributed by atoms with Crippen LogP contribution < -0.4 is 4.90 Å². The first-order valence-electron chi connectivity index (χ1n) is 5.83. The average Bonchev–Trinajstić information content (AvgIpc) is 2.37. The lowest BCUT2D eigenvalue weighted by atomic mass is 10.2. The van der Waals surface area contributed by atoms with Crippen molar-refractivity contribution in [1.82, 2.24) is 4.98 Å². The number of aliphatic hydroxyl groups is 1. The smallest absolute Gasteiger partial charge is 0.311 e. The van der Waals surface area contributed by atoms with Crippen LogP contribution in [0, 0.1) is 10.1 Å². The van der Waals surface area contributed by atoms with E-state index in [9.17, 15) is 15.2 Å². The fourth-order valence-corrected chi connectivity index (χ4v) is 2.26. The van der Waals surface area contributed by atoms with Crippen LogP contribution in [0.25, 0.3) is 0 Å². The van der Waals surface area contributed by atoms with Crippen LogP contribution in [-0.2, 0) is 4.74 Å². The van der Waals surface area contributed by atoms with Crippen molar-refractivity contribution >= 4 is 23.1 Å². The summed E-state index contributed by atoms with van der Waals surface area (Å²) in [7, 11) is 0. The van der Waals surface area contributed by atoms with Gasteiger partial charge in [0, 0.05) is 19.2 Å². The van der Waals surface area contributed by atoms with Crippen molar-refractivity contribution in [3.8, 4) is 0 Å². The number of aliphatic hydroxyl groups excluding tert-OH is 1. The van der Waals surface area contributed by atoms with Crippen LogP contribution >= 0.6 is 11.6 Å². The summed E-state index contributed by atoms with van der Waals surface area (Å²) < 4.78 is 5.50. The molecule has 0 spiro atoms. The van der Waals surface area contributed by atoms with E-state index in [2.05, 4.69) is 4.98 Å². The lowest BCUT2D eigenvalue weighted by Crippen LogP contribution is -2.48. The summed E-state index contributed by atoms with van der Waals surface area (Å²) >= 11 is 5.81. The molecule has 2 rings (SSSR count). The zero-order valence-corrected chi connectivity index (χ0v) is 11.1. The molecule has 0 bridgehead atoms. The summed E-state index contributed by atoms with van der Waals surface area (Å²) in [4.78, 5) is 16.3. The minimum absolute atomic E-state index is 0.102. The van der Waals surface area contributed by atoms with Gasteiger partial charge >= 0.3 is 5.69 Å². The van der Waals surface area contributed by atoms with Gasteiger partial charge in [0.15, 0.2) is 0 Å². The Bertz CT molecular complexity index is 485. The standard InChI is InChI=1S/C11H14ClN3O4/c1-7-4-14(5-8(6-16)19-7)11-9(15(17)18)2-3-10(12)13-11/h2-3,7-8,16H,4-6H2,1H3. The van der Waals surface area contributed by atoms with Gasteiger partial charge in [-0.15, -0.1) is 0 Å². The highest BCUT2D eigenvalue weighted by Crippen LogP contribution is 2.29. The van der Waals surface area contributed by atoms with Gasteiger partial charge in [0.1, 0.15) is 5.15 Å². The second-order valence-electron chi connectivity index (χ2n) is 4.39. The van der Waals surface area contributed by atoms with Crippen molar-refractivity contribution in [1.29, 1.82) is 0 Å². The third kappa shape index (κ3) is 3.12. The summed E-state index contributed by atoms with van der Waals surface area (Å²) in [5.74, 6) is 0.214. The third-order valence-electron chi connectivity index (χ3n) is 2.85. The molecule has 1 aromatic rings. The molecule has 8 heteroatoms. The third-order valence-corrected chi connectivity index (χ3v) is 3.06. The number of hydrogen-bond donors (Lipinski definition) is 1. The molecular weight excluding hydrogens is 274 g/mol. The molecule has 1 saturated heterocycles. The van der Waals surface area contributed by atoms with Gasteiger partial charge in [0.05, 0.1) is 23.7 Å². The van der Waals surface area contributed by atoms with E-state index >= 15 is 0 Å². The largest absolute Gasteiger partial charge is 0.394 e. The zero-order chi connectivity index (χ0) is 14.0. The van der Waals surface area contributed by atoms with Crippen LogP contribution in [0.5, 0.6) is 0 Å². The number of anilines is 1. The highest BCUT2D eigenvalue weighted by Gasteiger charge is 2.30. The first-order valence-corrected chi connectivity index (χ1v) is 6.21. The fraction of sp³-hybridized carbons (Fsp3) is 0.545. The lowest BCUT2D eigenvalue weighted by Gasteiger charge is -2.36. The summed E-state index contributed by atoms with van der Waals surface area (Å²) in [6.45, 7) is 2.50. The summed E-state index contributed by atoms with van der Waals surface area (Å²) in [6.07, 6.45) is -0.532. The van der Waals surface area contributed by atoms with Crippen LogP contribution in [0.15, 0.2) is 12.1 Å². The van der Waals surface area contributed by atoms with Crippen molar-refractivity contribution in [2.24, 2.45) is 0 Å². The number of hydrogen-bond acceptors (Lipinski definition) is 6. The summed E-state index contributed by atoms with van der Waals surface area (Å²) in [6, 6.07) is 2.72. The number of halogens is 1. The summed E-state index contributed by atoms with van der Waals surface area (Å²) in [5.41, 5.74) is -0.102. The van der Waals surface area contributed by atoms with Gasteiger partial charge in [0.2, 0.25) is 5.82 Å². The molecule has 0 saturated carbocycles. The Morgan fingerprint density at radius 1 is 1.63 bits per heavy atom. The van der Waals surface area contributed by atoms with E-state index in [1.807, 2.05) is 6.92 Å². The van der Waals surface area contributed by atoms with Crippen LogP contribution in [0.2, 0.25) is 5.15 Å². The molecule has 2 atom stereocenters. The first-order chi connectivity index (χ1) is 9.01. The average molecular weight is 288 g/mol. The zero-order valence-electron chi connectivity index (χ0n) is 10.3. The van der Waals surface area contributed by atoms with Crippen LogP contribution in [0.4, 0.5) is 11.5 Å². The highest BCUT2D eigenvalue weighted by molar-refractivity contribution is 6.29. The van der Waals surface area contributed by atoms with Crippen molar-refractivity contribution in [2.75, 3.05) is 24.6 Å². The Hall–Kier alpha value is -1.44. The fourth-order valence-electron chi connectivity index (χ4n) is 2.11. The number of rotatable bonds is 3. The molecular formula is C11H14ClN3O4. The second-order valence-corrected chi connectivity index (χ2v) is 4.78. The molecule has 2 unspecified atom stereocenters. The van der Waals surface area contributed by atoms with E-state index in [0.717, 1.165) is 0 Å². The minimum atomic E-state index is -0.493. The van der Waals surface area contributed by atoms with Crippen molar-refractivity contribution < 1.29 is 14.8 Å². The Labute approximate surface area is 114 Å². The second kappa shape index (κ2) is 5.68. The molecule has 1 fully saturated rings. The molecule has 7 nitrogen and oxygen atoms in total. The van der Waals surface area contributed by atoms with E-state index < -0.39 is 4.92 Å². The van der Waals surface area contributed by atoms with Crippen molar-refractivity contribution in [2.45, 2.75) is 19.1 Å². The topological polar surface area (TPSA) is 88.7 Å². The Morgan fingerprint density at radius 3 is 3.00 bits per heavy atom. The minimum Gasteiger partial charge on any atom is -0.394 e. The van der Waals surface area contributed by atoms with Gasteiger partial charge in [-0.1, -0.05) is 11.6 Å². The quantitative estimate of drug-likeness (QED) is 0.511. The predicted molar refractivity (Wildman–Crippen MR) is 69.5 cm³/mol. The molecule has 104 valence electrons. The molecule has 0 radical (unpaired) electrons. The van der Waals surface area contributed by atoms with E-state index in [1.54, 1.807) is 4.90 Å². The Balaban J connectivity index is 2.34. The van der Waals surface area contributed by atoms with Crippen LogP contribution in [0.1, 0.15) is 6.92 Å². The number of nitrogens with zero attached hydrogens (tertiary/aromatic N) is 3. The molecule has 0 aliphatic carbocycles. The van der Waals surface area contributed by atoms with E-state index in [4.69, 9.17) is 16.3 Å². The molecule has 0 aromatic carbocycles. The van der Waals surface area contributed by atoms with Crippen LogP contribution in [0.3, 0.4) is 0 Å². The lowest BCUT2D eigenvalue weighted by molar-refractivity contribution is -0.384. The normalized spacial score (nSPS) is 23.4. The molecule has 1 aliphatic rings. The first kappa shape index (κ1) is 14.0. The molecule has 2 heterocycles. The van der Waals surface area contributed by atoms with Gasteiger partial charge in [0.25, 0.3) is 0 Å². The van der Waals surface area contributed by atoms with Gasteiger partial charge in [-0.25, -0.2) is 4.98 Å². The van der Waals surface area contributed by atoms with Gasteiger partial charge in [-0.2, -0.15) is 0 Å². The maximum Gasteiger partial charge on any atom is 0.311 e.